The van der Waals surface area contributed by atoms with Crippen LogP contribution in [0.4, 0.5) is 13.2 Å². The molecule has 2 unspecified atom stereocenters. The Hall–Kier alpha value is -2.31. The predicted octanol–water partition coefficient (Wildman–Crippen LogP) is 4.08. The Morgan fingerprint density at radius 2 is 2.04 bits per heavy atom. The van der Waals surface area contributed by atoms with Gasteiger partial charge in [-0.3, -0.25) is 0 Å². The number of hydrogen-bond acceptors (Lipinski definition) is 3. The van der Waals surface area contributed by atoms with Crippen molar-refractivity contribution >= 4 is 5.97 Å². The lowest BCUT2D eigenvalue weighted by Gasteiger charge is -2.43. The van der Waals surface area contributed by atoms with Crippen LogP contribution in [0.3, 0.4) is 0 Å². The van der Waals surface area contributed by atoms with Gasteiger partial charge in [-0.05, 0) is 31.2 Å². The molecule has 2 atom stereocenters. The monoisotopic (exact) mass is 338 g/mol. The Bertz CT molecular complexity index is 756. The lowest BCUT2D eigenvalue weighted by Crippen LogP contribution is -2.46. The number of hydrogen-bond donors (Lipinski definition) is 0. The number of aromatic nitrogens is 2. The van der Waals surface area contributed by atoms with Crippen molar-refractivity contribution in [3.8, 4) is 11.4 Å². The Kier molecular flexibility index (Phi) is 4.11. The molecule has 2 aromatic rings. The number of benzene rings is 1. The van der Waals surface area contributed by atoms with Crippen molar-refractivity contribution in [1.82, 2.24) is 9.55 Å². The Balaban J connectivity index is 2.02. The van der Waals surface area contributed by atoms with Gasteiger partial charge >= 0.3 is 5.97 Å². The maximum absolute atomic E-state index is 13.6. The number of alkyl halides is 2. The van der Waals surface area contributed by atoms with E-state index in [1.807, 2.05) is 0 Å². The van der Waals surface area contributed by atoms with E-state index in [2.05, 4.69) is 4.98 Å². The summed E-state index contributed by atoms with van der Waals surface area (Å²) in [5, 5.41) is 0. The van der Waals surface area contributed by atoms with E-state index in [4.69, 9.17) is 4.74 Å². The number of nitrogens with zero attached hydrogens (tertiary/aromatic N) is 2. The summed E-state index contributed by atoms with van der Waals surface area (Å²) in [6, 6.07) is 5.06. The van der Waals surface area contributed by atoms with Crippen LogP contribution in [-0.2, 0) is 4.74 Å². The fraction of sp³-hybridized carbons (Fsp3) is 0.412. The van der Waals surface area contributed by atoms with Gasteiger partial charge in [-0.25, -0.2) is 22.9 Å². The first-order chi connectivity index (χ1) is 11.3. The highest BCUT2D eigenvalue weighted by Crippen LogP contribution is 2.51. The second-order valence-electron chi connectivity index (χ2n) is 5.91. The third-order valence-corrected chi connectivity index (χ3v) is 4.40. The number of esters is 1. The van der Waals surface area contributed by atoms with Crippen LogP contribution in [-0.4, -0.2) is 28.0 Å². The molecule has 1 heterocycles. The SMILES string of the molecule is CCOC(=O)c1cn(C2CC(F)(F)C2C)c(-c2ccc(F)cc2)n1. The standard InChI is InChI=1S/C17H17F3N2O2/c1-3-24-16(23)13-9-22(14-8-17(19,20)10(14)2)15(21-13)11-4-6-12(18)7-5-11/h4-7,9-10,14H,3,8H2,1-2H3. The average molecular weight is 338 g/mol. The highest BCUT2D eigenvalue weighted by atomic mass is 19.3. The zero-order valence-electron chi connectivity index (χ0n) is 13.3. The third kappa shape index (κ3) is 2.79. The van der Waals surface area contributed by atoms with Gasteiger partial charge in [0.2, 0.25) is 0 Å². The molecule has 128 valence electrons. The molecule has 0 radical (unpaired) electrons. The zero-order chi connectivity index (χ0) is 17.5. The number of rotatable bonds is 4. The van der Waals surface area contributed by atoms with E-state index in [1.54, 1.807) is 11.5 Å². The van der Waals surface area contributed by atoms with Crippen LogP contribution in [0.1, 0.15) is 36.8 Å². The molecule has 0 aliphatic heterocycles. The second-order valence-corrected chi connectivity index (χ2v) is 5.91. The van der Waals surface area contributed by atoms with E-state index < -0.39 is 29.7 Å². The molecule has 1 aromatic heterocycles. The van der Waals surface area contributed by atoms with Crippen LogP contribution in [0.25, 0.3) is 11.4 Å². The van der Waals surface area contributed by atoms with Crippen LogP contribution in [0, 0.1) is 11.7 Å². The fourth-order valence-corrected chi connectivity index (χ4v) is 2.86. The Labute approximate surface area is 137 Å². The van der Waals surface area contributed by atoms with Gasteiger partial charge in [0, 0.05) is 30.1 Å². The zero-order valence-corrected chi connectivity index (χ0v) is 13.3. The molecule has 4 nitrogen and oxygen atoms in total. The largest absolute Gasteiger partial charge is 0.461 e. The fourth-order valence-electron chi connectivity index (χ4n) is 2.86. The smallest absolute Gasteiger partial charge is 0.358 e. The molecule has 0 spiro atoms. The van der Waals surface area contributed by atoms with Gasteiger partial charge in [-0.2, -0.15) is 0 Å². The maximum Gasteiger partial charge on any atom is 0.358 e. The molecule has 1 saturated carbocycles. The summed E-state index contributed by atoms with van der Waals surface area (Å²) in [7, 11) is 0. The first-order valence-corrected chi connectivity index (χ1v) is 7.73. The van der Waals surface area contributed by atoms with Gasteiger partial charge in [-0.1, -0.05) is 6.92 Å². The molecular formula is C17H17F3N2O2. The summed E-state index contributed by atoms with van der Waals surface area (Å²) in [5.41, 5.74) is 0.605. The minimum atomic E-state index is -2.74. The topological polar surface area (TPSA) is 44.1 Å². The third-order valence-electron chi connectivity index (χ3n) is 4.40. The first kappa shape index (κ1) is 16.5. The van der Waals surface area contributed by atoms with Gasteiger partial charge < -0.3 is 9.30 Å². The highest BCUT2D eigenvalue weighted by Gasteiger charge is 2.54. The van der Waals surface area contributed by atoms with Crippen molar-refractivity contribution in [3.05, 3.63) is 42.0 Å². The molecule has 1 aliphatic rings. The van der Waals surface area contributed by atoms with E-state index >= 15 is 0 Å². The molecule has 1 aliphatic carbocycles. The quantitative estimate of drug-likeness (QED) is 0.789. The van der Waals surface area contributed by atoms with Crippen molar-refractivity contribution < 1.29 is 22.7 Å². The summed E-state index contributed by atoms with van der Waals surface area (Å²) in [6.45, 7) is 3.33. The average Bonchev–Trinajstić information content (AvgIpc) is 2.98. The lowest BCUT2D eigenvalue weighted by molar-refractivity contribution is -0.158. The molecule has 1 fully saturated rings. The number of carbonyl (C=O) groups is 1. The van der Waals surface area contributed by atoms with Gasteiger partial charge in [-0.15, -0.1) is 0 Å². The van der Waals surface area contributed by atoms with Gasteiger partial charge in [0.15, 0.2) is 5.69 Å². The van der Waals surface area contributed by atoms with Gasteiger partial charge in [0.25, 0.3) is 5.92 Å². The van der Waals surface area contributed by atoms with E-state index in [0.717, 1.165) is 0 Å². The van der Waals surface area contributed by atoms with Crippen LogP contribution in [0.2, 0.25) is 0 Å². The van der Waals surface area contributed by atoms with Crippen molar-refractivity contribution in [2.45, 2.75) is 32.2 Å². The number of halogens is 3. The Morgan fingerprint density at radius 1 is 1.38 bits per heavy atom. The van der Waals surface area contributed by atoms with Crippen LogP contribution in [0.15, 0.2) is 30.5 Å². The van der Waals surface area contributed by atoms with Crippen molar-refractivity contribution in [2.24, 2.45) is 5.92 Å². The maximum atomic E-state index is 13.6. The Morgan fingerprint density at radius 3 is 2.58 bits per heavy atom. The number of imidazole rings is 1. The molecule has 7 heteroatoms. The van der Waals surface area contributed by atoms with E-state index in [0.29, 0.717) is 11.4 Å². The molecule has 0 bridgehead atoms. The van der Waals surface area contributed by atoms with Gasteiger partial charge in [0.05, 0.1) is 6.61 Å². The minimum Gasteiger partial charge on any atom is -0.461 e. The second kappa shape index (κ2) is 5.96. The summed E-state index contributed by atoms with van der Waals surface area (Å²) >= 11 is 0. The summed E-state index contributed by atoms with van der Waals surface area (Å²) in [6.07, 6.45) is 1.12. The van der Waals surface area contributed by atoms with Crippen molar-refractivity contribution in [3.63, 3.8) is 0 Å². The van der Waals surface area contributed by atoms with E-state index in [9.17, 15) is 18.0 Å². The molecule has 0 amide bonds. The van der Waals surface area contributed by atoms with Crippen molar-refractivity contribution in [1.29, 1.82) is 0 Å². The van der Waals surface area contributed by atoms with E-state index in [1.165, 1.54) is 37.4 Å². The molecule has 24 heavy (non-hydrogen) atoms. The predicted molar refractivity (Wildman–Crippen MR) is 81.3 cm³/mol. The van der Waals surface area contributed by atoms with Crippen LogP contribution < -0.4 is 0 Å². The molecule has 0 saturated heterocycles. The highest BCUT2D eigenvalue weighted by molar-refractivity contribution is 5.88. The molecule has 3 rings (SSSR count). The van der Waals surface area contributed by atoms with Gasteiger partial charge in [0.1, 0.15) is 11.6 Å². The molecular weight excluding hydrogens is 321 g/mol. The molecule has 0 N–H and O–H groups in total. The number of ether oxygens (including phenoxy) is 1. The summed E-state index contributed by atoms with van der Waals surface area (Å²) in [5.74, 6) is -4.28. The van der Waals surface area contributed by atoms with Crippen LogP contribution >= 0.6 is 0 Å². The summed E-state index contributed by atoms with van der Waals surface area (Å²) in [4.78, 5) is 16.2. The minimum absolute atomic E-state index is 0.0543. The van der Waals surface area contributed by atoms with E-state index in [-0.39, 0.29) is 18.7 Å². The van der Waals surface area contributed by atoms with Crippen molar-refractivity contribution in [2.75, 3.05) is 6.61 Å². The summed E-state index contributed by atoms with van der Waals surface area (Å²) < 4.78 is 46.8. The number of carbonyl (C=O) groups excluding carboxylic acids is 1. The lowest BCUT2D eigenvalue weighted by atomic mass is 9.76. The normalized spacial score (nSPS) is 22.0. The molecule has 1 aromatic carbocycles. The van der Waals surface area contributed by atoms with Crippen LogP contribution in [0.5, 0.6) is 0 Å². The first-order valence-electron chi connectivity index (χ1n) is 7.73.